The number of benzene rings is 4. The van der Waals surface area contributed by atoms with Crippen molar-refractivity contribution < 1.29 is 4.79 Å². The van der Waals surface area contributed by atoms with Crippen molar-refractivity contribution in [2.45, 2.75) is 24.4 Å². The maximum Gasteiger partial charge on any atom is 0.262 e. The summed E-state index contributed by atoms with van der Waals surface area (Å²) in [5.74, 6) is 0.341. The molecule has 0 saturated heterocycles. The molecule has 5 rings (SSSR count). The molecule has 1 atom stereocenters. The lowest BCUT2D eigenvalue weighted by atomic mass is 10.0. The number of imidazole rings is 1. The maximum absolute atomic E-state index is 13.9. The molecule has 0 fully saturated rings. The van der Waals surface area contributed by atoms with E-state index in [1.165, 1.54) is 0 Å². The van der Waals surface area contributed by atoms with Crippen LogP contribution in [0, 0.1) is 0 Å². The summed E-state index contributed by atoms with van der Waals surface area (Å²) in [5.41, 5.74) is 4.50. The van der Waals surface area contributed by atoms with Crippen LogP contribution in [0.2, 0.25) is 5.02 Å². The van der Waals surface area contributed by atoms with Gasteiger partial charge in [-0.25, -0.2) is 4.98 Å². The number of nitrogens with one attached hydrogen (secondary N) is 1. The predicted octanol–water partition coefficient (Wildman–Crippen LogP) is 7.20. The summed E-state index contributed by atoms with van der Waals surface area (Å²) in [5, 5.41) is 3.70. The molecule has 0 spiro atoms. The minimum atomic E-state index is -1.42. The van der Waals surface area contributed by atoms with Gasteiger partial charge in [0.15, 0.2) is 5.00 Å². The highest BCUT2D eigenvalue weighted by atomic mass is 35.5. The summed E-state index contributed by atoms with van der Waals surface area (Å²) >= 11 is 13.6. The van der Waals surface area contributed by atoms with Crippen LogP contribution in [0.15, 0.2) is 109 Å². The van der Waals surface area contributed by atoms with Crippen LogP contribution in [0.3, 0.4) is 0 Å². The molecule has 180 valence electrons. The van der Waals surface area contributed by atoms with Gasteiger partial charge in [0.05, 0.1) is 11.0 Å². The number of amides is 1. The van der Waals surface area contributed by atoms with Gasteiger partial charge < -0.3 is 5.32 Å². The largest absolute Gasteiger partial charge is 0.349 e. The molecule has 0 aliphatic heterocycles. The van der Waals surface area contributed by atoms with E-state index in [1.807, 2.05) is 114 Å². The smallest absolute Gasteiger partial charge is 0.262 e. The standard InChI is InChI=1S/C30H25Cl2N3O/c31-25-17-15-24(16-18-25)28-34-26-13-7-8-14-27(26)35(28)30(32,20-19-22-9-3-1-4-10-22)29(36)33-21-23-11-5-2-6-12-23/h1-18H,19-21H2,(H,33,36). The normalized spacial score (nSPS) is 12.8. The monoisotopic (exact) mass is 513 g/mol. The van der Waals surface area contributed by atoms with Crippen molar-refractivity contribution in [3.8, 4) is 11.4 Å². The number of aryl methyl sites for hydroxylation is 1. The lowest BCUT2D eigenvalue weighted by Gasteiger charge is -2.30. The maximum atomic E-state index is 13.9. The third-order valence-corrected chi connectivity index (χ3v) is 7.03. The fourth-order valence-corrected chi connectivity index (χ4v) is 4.83. The van der Waals surface area contributed by atoms with E-state index in [9.17, 15) is 4.79 Å². The van der Waals surface area contributed by atoms with Gasteiger partial charge in [0.25, 0.3) is 5.91 Å². The number of halogens is 2. The molecule has 1 heterocycles. The third kappa shape index (κ3) is 5.01. The van der Waals surface area contributed by atoms with Crippen molar-refractivity contribution in [3.05, 3.63) is 125 Å². The molecule has 1 N–H and O–H groups in total. The van der Waals surface area contributed by atoms with E-state index in [0.717, 1.165) is 27.7 Å². The van der Waals surface area contributed by atoms with Gasteiger partial charge in [-0.15, -0.1) is 0 Å². The number of aromatic nitrogens is 2. The Morgan fingerprint density at radius 3 is 2.11 bits per heavy atom. The fourth-order valence-electron chi connectivity index (χ4n) is 4.37. The van der Waals surface area contributed by atoms with Gasteiger partial charge in [-0.1, -0.05) is 96.0 Å². The van der Waals surface area contributed by atoms with E-state index in [4.69, 9.17) is 28.2 Å². The average molecular weight is 514 g/mol. The van der Waals surface area contributed by atoms with Gasteiger partial charge in [0.2, 0.25) is 0 Å². The zero-order chi connectivity index (χ0) is 25.0. The van der Waals surface area contributed by atoms with E-state index in [1.54, 1.807) is 0 Å². The number of rotatable bonds is 8. The minimum absolute atomic E-state index is 0.276. The molecule has 0 radical (unpaired) electrons. The Morgan fingerprint density at radius 2 is 1.42 bits per heavy atom. The van der Waals surface area contributed by atoms with Gasteiger partial charge in [0.1, 0.15) is 5.82 Å². The van der Waals surface area contributed by atoms with Crippen LogP contribution in [0.4, 0.5) is 0 Å². The number of hydrogen-bond donors (Lipinski definition) is 1. The number of hydrogen-bond acceptors (Lipinski definition) is 2. The highest BCUT2D eigenvalue weighted by Gasteiger charge is 2.41. The fraction of sp³-hybridized carbons (Fsp3) is 0.133. The van der Waals surface area contributed by atoms with Crippen LogP contribution in [-0.2, 0) is 22.8 Å². The molecule has 5 aromatic rings. The molecule has 36 heavy (non-hydrogen) atoms. The first-order chi connectivity index (χ1) is 17.5. The SMILES string of the molecule is O=C(NCc1ccccc1)C(Cl)(CCc1ccccc1)n1c(-c2ccc(Cl)cc2)nc2ccccc21. The van der Waals surface area contributed by atoms with Crippen LogP contribution in [0.1, 0.15) is 17.5 Å². The molecular formula is C30H25Cl2N3O. The topological polar surface area (TPSA) is 46.9 Å². The number of carbonyl (C=O) groups is 1. The Balaban J connectivity index is 1.61. The van der Waals surface area contributed by atoms with Crippen LogP contribution in [0.25, 0.3) is 22.4 Å². The Hall–Kier alpha value is -3.60. The summed E-state index contributed by atoms with van der Waals surface area (Å²) in [4.78, 5) is 17.4. The van der Waals surface area contributed by atoms with Crippen molar-refractivity contribution in [3.63, 3.8) is 0 Å². The second-order valence-corrected chi connectivity index (χ2v) is 9.74. The Morgan fingerprint density at radius 1 is 0.806 bits per heavy atom. The summed E-state index contributed by atoms with van der Waals surface area (Å²) in [6, 6.07) is 35.0. The Bertz CT molecular complexity index is 1470. The number of alkyl halides is 1. The van der Waals surface area contributed by atoms with Crippen molar-refractivity contribution in [2.24, 2.45) is 0 Å². The van der Waals surface area contributed by atoms with Gasteiger partial charge in [0, 0.05) is 17.1 Å². The van der Waals surface area contributed by atoms with Crippen LogP contribution >= 0.6 is 23.2 Å². The molecule has 1 aromatic heterocycles. The average Bonchev–Trinajstić information content (AvgIpc) is 3.32. The first kappa shape index (κ1) is 24.1. The summed E-state index contributed by atoms with van der Waals surface area (Å²) in [6.45, 7) is 0.377. The first-order valence-electron chi connectivity index (χ1n) is 11.8. The van der Waals surface area contributed by atoms with Crippen molar-refractivity contribution in [2.75, 3.05) is 0 Å². The molecule has 0 bridgehead atoms. The molecule has 4 aromatic carbocycles. The van der Waals surface area contributed by atoms with Crippen molar-refractivity contribution in [1.82, 2.24) is 14.9 Å². The zero-order valence-electron chi connectivity index (χ0n) is 19.6. The van der Waals surface area contributed by atoms with E-state index < -0.39 is 5.00 Å². The highest BCUT2D eigenvalue weighted by molar-refractivity contribution is 6.33. The summed E-state index contributed by atoms with van der Waals surface area (Å²) < 4.78 is 1.87. The predicted molar refractivity (Wildman–Crippen MR) is 147 cm³/mol. The molecule has 1 unspecified atom stereocenters. The van der Waals surface area contributed by atoms with E-state index >= 15 is 0 Å². The highest BCUT2D eigenvalue weighted by Crippen LogP contribution is 2.38. The van der Waals surface area contributed by atoms with Crippen molar-refractivity contribution >= 4 is 40.1 Å². The van der Waals surface area contributed by atoms with Gasteiger partial charge in [-0.2, -0.15) is 0 Å². The quantitative estimate of drug-likeness (QED) is 0.223. The molecule has 1 amide bonds. The summed E-state index contributed by atoms with van der Waals surface area (Å²) in [6.07, 6.45) is 0.996. The molecule has 0 aliphatic rings. The van der Waals surface area contributed by atoms with E-state index in [2.05, 4.69) is 5.32 Å². The van der Waals surface area contributed by atoms with Gasteiger partial charge in [-0.3, -0.25) is 9.36 Å². The molecule has 4 nitrogen and oxygen atoms in total. The molecule has 0 aliphatic carbocycles. The van der Waals surface area contributed by atoms with E-state index in [0.29, 0.717) is 30.2 Å². The Labute approximate surface area is 220 Å². The van der Waals surface area contributed by atoms with Crippen LogP contribution < -0.4 is 5.32 Å². The molecule has 6 heteroatoms. The van der Waals surface area contributed by atoms with Gasteiger partial charge in [-0.05, 0) is 60.4 Å². The minimum Gasteiger partial charge on any atom is -0.349 e. The summed E-state index contributed by atoms with van der Waals surface area (Å²) in [7, 11) is 0. The Kier molecular flexibility index (Phi) is 7.08. The third-order valence-electron chi connectivity index (χ3n) is 6.25. The zero-order valence-corrected chi connectivity index (χ0v) is 21.1. The second kappa shape index (κ2) is 10.6. The second-order valence-electron chi connectivity index (χ2n) is 8.68. The lowest BCUT2D eigenvalue weighted by molar-refractivity contribution is -0.126. The van der Waals surface area contributed by atoms with Crippen molar-refractivity contribution in [1.29, 1.82) is 0 Å². The molecule has 0 saturated carbocycles. The number of para-hydroxylation sites is 2. The lowest BCUT2D eigenvalue weighted by Crippen LogP contribution is -2.45. The molecular weight excluding hydrogens is 489 g/mol. The van der Waals surface area contributed by atoms with Crippen LogP contribution in [-0.4, -0.2) is 15.5 Å². The van der Waals surface area contributed by atoms with Crippen LogP contribution in [0.5, 0.6) is 0 Å². The number of carbonyl (C=O) groups excluding carboxylic acids is 1. The number of fused-ring (bicyclic) bond motifs is 1. The number of nitrogens with zero attached hydrogens (tertiary/aromatic N) is 2. The van der Waals surface area contributed by atoms with Gasteiger partial charge >= 0.3 is 0 Å². The first-order valence-corrected chi connectivity index (χ1v) is 12.6. The van der Waals surface area contributed by atoms with E-state index in [-0.39, 0.29) is 5.91 Å².